The molecule has 0 saturated heterocycles. The summed E-state index contributed by atoms with van der Waals surface area (Å²) in [6, 6.07) is 0. The molecule has 1 atom stereocenters. The van der Waals surface area contributed by atoms with Crippen LogP contribution in [0.1, 0.15) is 44.9 Å². The van der Waals surface area contributed by atoms with E-state index >= 15 is 0 Å². The van der Waals surface area contributed by atoms with Crippen LogP contribution in [-0.4, -0.2) is 22.3 Å². The Bertz CT molecular complexity index is 200. The van der Waals surface area contributed by atoms with Gasteiger partial charge in [0.1, 0.15) is 0 Å². The molecule has 2 fully saturated rings. The Morgan fingerprint density at radius 1 is 1.07 bits per heavy atom. The van der Waals surface area contributed by atoms with Crippen LogP contribution in [0.4, 0.5) is 0 Å². The first kappa shape index (κ1) is 11.6. The van der Waals surface area contributed by atoms with E-state index in [9.17, 15) is 0 Å². The van der Waals surface area contributed by atoms with Gasteiger partial charge in [-0.25, -0.2) is 0 Å². The molecule has 2 aliphatic carbocycles. The predicted molar refractivity (Wildman–Crippen MR) is 64.1 cm³/mol. The van der Waals surface area contributed by atoms with Crippen molar-refractivity contribution in [2.45, 2.75) is 57.0 Å². The fourth-order valence-electron chi connectivity index (χ4n) is 2.54. The molecule has 0 spiro atoms. The Morgan fingerprint density at radius 2 is 1.73 bits per heavy atom. The molecule has 3 heteroatoms. The van der Waals surface area contributed by atoms with Crippen LogP contribution in [0.25, 0.3) is 0 Å². The van der Waals surface area contributed by atoms with Crippen LogP contribution in [0.3, 0.4) is 0 Å². The summed E-state index contributed by atoms with van der Waals surface area (Å²) in [5, 5.41) is 0. The molecule has 0 N–H and O–H groups in total. The van der Waals surface area contributed by atoms with Crippen LogP contribution in [-0.2, 0) is 8.85 Å². The van der Waals surface area contributed by atoms with Gasteiger partial charge in [0.15, 0.2) is 0 Å². The summed E-state index contributed by atoms with van der Waals surface area (Å²) >= 11 is 0. The van der Waals surface area contributed by atoms with Crippen molar-refractivity contribution in [1.29, 1.82) is 0 Å². The molecule has 0 radical (unpaired) electrons. The molecule has 2 aliphatic rings. The van der Waals surface area contributed by atoms with Crippen LogP contribution in [0.2, 0.25) is 12.1 Å². The molecule has 2 rings (SSSR count). The van der Waals surface area contributed by atoms with Crippen molar-refractivity contribution < 1.29 is 8.85 Å². The van der Waals surface area contributed by atoms with E-state index in [0.717, 1.165) is 18.1 Å². The summed E-state index contributed by atoms with van der Waals surface area (Å²) in [4.78, 5) is 0. The number of hydrogen-bond acceptors (Lipinski definition) is 2. The molecule has 0 aliphatic heterocycles. The monoisotopic (exact) mass is 228 g/mol. The van der Waals surface area contributed by atoms with Crippen LogP contribution < -0.4 is 0 Å². The van der Waals surface area contributed by atoms with E-state index < -0.39 is 8.56 Å². The second-order valence-electron chi connectivity index (χ2n) is 5.31. The van der Waals surface area contributed by atoms with E-state index in [0.29, 0.717) is 0 Å². The normalized spacial score (nSPS) is 27.6. The van der Waals surface area contributed by atoms with Crippen molar-refractivity contribution in [3.8, 4) is 0 Å². The molecule has 0 heterocycles. The van der Waals surface area contributed by atoms with Gasteiger partial charge in [0.25, 0.3) is 0 Å². The molecule has 2 saturated carbocycles. The highest BCUT2D eigenvalue weighted by atomic mass is 28.4. The lowest BCUT2D eigenvalue weighted by Gasteiger charge is -2.35. The predicted octanol–water partition coefficient (Wildman–Crippen LogP) is 3.47. The third-order valence-corrected chi connectivity index (χ3v) is 7.67. The summed E-state index contributed by atoms with van der Waals surface area (Å²) in [5.74, 6) is 0.857. The van der Waals surface area contributed by atoms with Crippen LogP contribution in [0.5, 0.6) is 0 Å². The first-order valence-corrected chi connectivity index (χ1v) is 8.83. The van der Waals surface area contributed by atoms with Crippen molar-refractivity contribution in [3.05, 3.63) is 0 Å². The first-order valence-electron chi connectivity index (χ1n) is 6.44. The lowest BCUT2D eigenvalue weighted by atomic mass is 10.0. The third-order valence-electron chi connectivity index (χ3n) is 4.05. The second-order valence-corrected chi connectivity index (χ2v) is 8.85. The van der Waals surface area contributed by atoms with E-state index in [1.165, 1.54) is 44.9 Å². The SMILES string of the molecule is CO[Si](C)(OCC1CC1)C1CCCCC1. The Morgan fingerprint density at radius 3 is 2.27 bits per heavy atom. The largest absolute Gasteiger partial charge is 0.398 e. The van der Waals surface area contributed by atoms with E-state index in [-0.39, 0.29) is 0 Å². The van der Waals surface area contributed by atoms with Crippen molar-refractivity contribution in [3.63, 3.8) is 0 Å². The minimum Gasteiger partial charge on any atom is -0.398 e. The lowest BCUT2D eigenvalue weighted by molar-refractivity contribution is 0.177. The van der Waals surface area contributed by atoms with Crippen molar-refractivity contribution in [2.75, 3.05) is 13.7 Å². The number of rotatable bonds is 5. The van der Waals surface area contributed by atoms with Crippen molar-refractivity contribution in [2.24, 2.45) is 5.92 Å². The zero-order valence-corrected chi connectivity index (χ0v) is 11.1. The lowest BCUT2D eigenvalue weighted by Crippen LogP contribution is -2.44. The Balaban J connectivity index is 1.85. The van der Waals surface area contributed by atoms with E-state index in [1.807, 2.05) is 7.11 Å². The van der Waals surface area contributed by atoms with Crippen molar-refractivity contribution >= 4 is 8.56 Å². The maximum Gasteiger partial charge on any atom is 0.337 e. The number of hydrogen-bond donors (Lipinski definition) is 0. The van der Waals surface area contributed by atoms with Gasteiger partial charge in [0.2, 0.25) is 0 Å². The average Bonchev–Trinajstić information content (AvgIpc) is 3.11. The quantitative estimate of drug-likeness (QED) is 0.671. The van der Waals surface area contributed by atoms with Gasteiger partial charge in [-0.1, -0.05) is 19.3 Å². The minimum atomic E-state index is -1.85. The van der Waals surface area contributed by atoms with Gasteiger partial charge in [0.05, 0.1) is 0 Å². The van der Waals surface area contributed by atoms with Gasteiger partial charge in [-0.3, -0.25) is 0 Å². The van der Waals surface area contributed by atoms with Crippen LogP contribution >= 0.6 is 0 Å². The summed E-state index contributed by atoms with van der Waals surface area (Å²) in [7, 11) is 0.00957. The molecule has 1 unspecified atom stereocenters. The minimum absolute atomic E-state index is 0.745. The van der Waals surface area contributed by atoms with E-state index in [4.69, 9.17) is 8.85 Å². The average molecular weight is 228 g/mol. The first-order chi connectivity index (χ1) is 7.24. The van der Waals surface area contributed by atoms with E-state index in [2.05, 4.69) is 6.55 Å². The van der Waals surface area contributed by atoms with Gasteiger partial charge in [0, 0.05) is 19.3 Å². The Kier molecular flexibility index (Phi) is 3.86. The smallest absolute Gasteiger partial charge is 0.337 e. The zero-order valence-electron chi connectivity index (χ0n) is 10.1. The molecule has 0 bridgehead atoms. The topological polar surface area (TPSA) is 18.5 Å². The van der Waals surface area contributed by atoms with E-state index in [1.54, 1.807) is 0 Å². The molecule has 0 aromatic rings. The molecule has 0 amide bonds. The summed E-state index contributed by atoms with van der Waals surface area (Å²) in [6.45, 7) is 3.23. The summed E-state index contributed by atoms with van der Waals surface area (Å²) < 4.78 is 11.9. The van der Waals surface area contributed by atoms with Gasteiger partial charge in [-0.05, 0) is 38.1 Å². The molecular formula is C12H24O2Si. The maximum atomic E-state index is 6.16. The van der Waals surface area contributed by atoms with Crippen LogP contribution in [0.15, 0.2) is 0 Å². The maximum absolute atomic E-state index is 6.16. The van der Waals surface area contributed by atoms with Gasteiger partial charge in [-0.2, -0.15) is 0 Å². The molecule has 88 valence electrons. The molecular weight excluding hydrogens is 204 g/mol. The van der Waals surface area contributed by atoms with Crippen molar-refractivity contribution in [1.82, 2.24) is 0 Å². The Labute approximate surface area is 94.6 Å². The second kappa shape index (κ2) is 4.98. The standard InChI is InChI=1S/C12H24O2Si/c1-13-15(2,14-10-11-8-9-11)12-6-4-3-5-7-12/h11-12H,3-10H2,1-2H3. The summed E-state index contributed by atoms with van der Waals surface area (Å²) in [6.07, 6.45) is 9.58. The molecule has 0 aromatic carbocycles. The highest BCUT2D eigenvalue weighted by molar-refractivity contribution is 6.67. The van der Waals surface area contributed by atoms with Gasteiger partial charge >= 0.3 is 8.56 Å². The zero-order chi connectivity index (χ0) is 10.7. The summed E-state index contributed by atoms with van der Waals surface area (Å²) in [5.41, 5.74) is 0.745. The molecule has 0 aromatic heterocycles. The third kappa shape index (κ3) is 3.05. The fourth-order valence-corrected chi connectivity index (χ4v) is 5.25. The molecule has 15 heavy (non-hydrogen) atoms. The molecule has 2 nitrogen and oxygen atoms in total. The Hall–Kier alpha value is 0.137. The van der Waals surface area contributed by atoms with Gasteiger partial charge in [-0.15, -0.1) is 0 Å². The van der Waals surface area contributed by atoms with Crippen LogP contribution in [0, 0.1) is 5.92 Å². The highest BCUT2D eigenvalue weighted by Crippen LogP contribution is 2.39. The highest BCUT2D eigenvalue weighted by Gasteiger charge is 2.41. The fraction of sp³-hybridized carbons (Fsp3) is 1.00. The van der Waals surface area contributed by atoms with Gasteiger partial charge < -0.3 is 8.85 Å².